The van der Waals surface area contributed by atoms with Gasteiger partial charge in [0.2, 0.25) is 0 Å². The van der Waals surface area contributed by atoms with Crippen molar-refractivity contribution >= 4 is 11.9 Å². The number of allylic oxidation sites excluding steroid dienone is 5. The van der Waals surface area contributed by atoms with Crippen LogP contribution in [0.4, 0.5) is 0 Å². The van der Waals surface area contributed by atoms with Crippen LogP contribution in [0.1, 0.15) is 53.4 Å². The van der Waals surface area contributed by atoms with Crippen LogP contribution in [0.15, 0.2) is 35.5 Å². The zero-order valence-electron chi connectivity index (χ0n) is 14.5. The van der Waals surface area contributed by atoms with Gasteiger partial charge in [0.25, 0.3) is 0 Å². The Morgan fingerprint density at radius 1 is 1.09 bits per heavy atom. The third kappa shape index (κ3) is 3.74. The summed E-state index contributed by atoms with van der Waals surface area (Å²) in [6.07, 6.45) is 11.1. The Bertz CT molecular complexity index is 524. The molecule has 1 rings (SSSR count). The van der Waals surface area contributed by atoms with Crippen LogP contribution < -0.4 is 0 Å². The molecule has 0 radical (unpaired) electrons. The molecule has 0 saturated heterocycles. The highest BCUT2D eigenvalue weighted by molar-refractivity contribution is 6.13. The lowest BCUT2D eigenvalue weighted by molar-refractivity contribution is -0.140. The van der Waals surface area contributed by atoms with Gasteiger partial charge in [-0.3, -0.25) is 0 Å². The average molecular weight is 320 g/mol. The van der Waals surface area contributed by atoms with E-state index in [0.717, 1.165) is 12.8 Å². The Labute approximate surface area is 138 Å². The van der Waals surface area contributed by atoms with Crippen LogP contribution in [0.5, 0.6) is 0 Å². The molecule has 0 fully saturated rings. The molecule has 0 aromatic heterocycles. The SMILES string of the molecule is CCCC(=C(C(=O)O)C(=O)O)C1(C(C)C)C=CC=CC1CCC. The van der Waals surface area contributed by atoms with E-state index in [-0.39, 0.29) is 11.8 Å². The van der Waals surface area contributed by atoms with Crippen molar-refractivity contribution in [3.63, 3.8) is 0 Å². The highest BCUT2D eigenvalue weighted by Gasteiger charge is 2.44. The van der Waals surface area contributed by atoms with Gasteiger partial charge in [0.15, 0.2) is 0 Å². The molecule has 0 amide bonds. The van der Waals surface area contributed by atoms with E-state index in [9.17, 15) is 19.8 Å². The highest BCUT2D eigenvalue weighted by Crippen LogP contribution is 2.51. The first-order valence-corrected chi connectivity index (χ1v) is 8.39. The van der Waals surface area contributed by atoms with E-state index in [1.807, 2.05) is 39.0 Å². The third-order valence-electron chi connectivity index (χ3n) is 4.75. The summed E-state index contributed by atoms with van der Waals surface area (Å²) < 4.78 is 0. The zero-order chi connectivity index (χ0) is 17.6. The Kier molecular flexibility index (Phi) is 6.79. The summed E-state index contributed by atoms with van der Waals surface area (Å²) in [7, 11) is 0. The number of carbonyl (C=O) groups is 2. The maximum Gasteiger partial charge on any atom is 0.343 e. The molecule has 4 heteroatoms. The smallest absolute Gasteiger partial charge is 0.343 e. The zero-order valence-corrected chi connectivity index (χ0v) is 14.5. The molecular weight excluding hydrogens is 292 g/mol. The van der Waals surface area contributed by atoms with Crippen molar-refractivity contribution in [2.24, 2.45) is 17.3 Å². The lowest BCUT2D eigenvalue weighted by Crippen LogP contribution is -2.38. The molecule has 0 aromatic rings. The van der Waals surface area contributed by atoms with E-state index in [1.54, 1.807) is 0 Å². The van der Waals surface area contributed by atoms with Crippen LogP contribution in [-0.2, 0) is 9.59 Å². The molecule has 1 aliphatic carbocycles. The van der Waals surface area contributed by atoms with Crippen molar-refractivity contribution in [3.05, 3.63) is 35.5 Å². The van der Waals surface area contributed by atoms with E-state index >= 15 is 0 Å². The second-order valence-corrected chi connectivity index (χ2v) is 6.44. The minimum atomic E-state index is -1.35. The summed E-state index contributed by atoms with van der Waals surface area (Å²) in [6.45, 7) is 8.13. The predicted octanol–water partition coefficient (Wildman–Crippen LogP) is 4.44. The maximum absolute atomic E-state index is 11.6. The standard InChI is InChI=1S/C19H28O4/c1-5-9-14-11-7-8-12-19(14,13(3)4)15(10-6-2)16(17(20)21)18(22)23/h7-8,11-14H,5-6,9-10H2,1-4H3,(H,20,21)(H,22,23). The Morgan fingerprint density at radius 2 is 1.70 bits per heavy atom. The molecule has 2 atom stereocenters. The van der Waals surface area contributed by atoms with Gasteiger partial charge in [-0.15, -0.1) is 0 Å². The van der Waals surface area contributed by atoms with Gasteiger partial charge in [-0.05, 0) is 30.3 Å². The lowest BCUT2D eigenvalue weighted by Gasteiger charge is -2.45. The summed E-state index contributed by atoms with van der Waals surface area (Å²) in [5.41, 5.74) is -0.456. The van der Waals surface area contributed by atoms with Gasteiger partial charge in [-0.1, -0.05) is 64.8 Å². The fourth-order valence-electron chi connectivity index (χ4n) is 3.79. The topological polar surface area (TPSA) is 74.6 Å². The largest absolute Gasteiger partial charge is 0.477 e. The third-order valence-corrected chi connectivity index (χ3v) is 4.75. The van der Waals surface area contributed by atoms with E-state index in [2.05, 4.69) is 13.0 Å². The fourth-order valence-corrected chi connectivity index (χ4v) is 3.79. The monoisotopic (exact) mass is 320 g/mol. The summed E-state index contributed by atoms with van der Waals surface area (Å²) >= 11 is 0. The minimum Gasteiger partial charge on any atom is -0.477 e. The van der Waals surface area contributed by atoms with Crippen molar-refractivity contribution in [2.45, 2.75) is 53.4 Å². The summed E-state index contributed by atoms with van der Waals surface area (Å²) in [6, 6.07) is 0. The maximum atomic E-state index is 11.6. The van der Waals surface area contributed by atoms with E-state index in [0.29, 0.717) is 18.4 Å². The van der Waals surface area contributed by atoms with Gasteiger partial charge >= 0.3 is 11.9 Å². The first kappa shape index (κ1) is 19.2. The van der Waals surface area contributed by atoms with Crippen LogP contribution in [0, 0.1) is 17.3 Å². The van der Waals surface area contributed by atoms with Gasteiger partial charge in [-0.25, -0.2) is 9.59 Å². The molecule has 0 aliphatic heterocycles. The first-order valence-electron chi connectivity index (χ1n) is 8.39. The molecule has 0 saturated carbocycles. The summed E-state index contributed by atoms with van der Waals surface area (Å²) in [4.78, 5) is 23.3. The molecule has 4 nitrogen and oxygen atoms in total. The lowest BCUT2D eigenvalue weighted by atomic mass is 9.58. The molecule has 2 unspecified atom stereocenters. The van der Waals surface area contributed by atoms with Crippen molar-refractivity contribution in [1.82, 2.24) is 0 Å². The highest BCUT2D eigenvalue weighted by atomic mass is 16.4. The first-order chi connectivity index (χ1) is 10.8. The van der Waals surface area contributed by atoms with E-state index < -0.39 is 22.9 Å². The van der Waals surface area contributed by atoms with Crippen LogP contribution in [0.3, 0.4) is 0 Å². The molecule has 128 valence electrons. The number of aliphatic carboxylic acids is 2. The number of carboxylic acid groups (broad SMARTS) is 2. The van der Waals surface area contributed by atoms with Crippen molar-refractivity contribution in [1.29, 1.82) is 0 Å². The molecular formula is C19H28O4. The molecule has 0 heterocycles. The van der Waals surface area contributed by atoms with Gasteiger partial charge in [0, 0.05) is 5.41 Å². The normalized spacial score (nSPS) is 23.1. The summed E-state index contributed by atoms with van der Waals surface area (Å²) in [5, 5.41) is 19.0. The van der Waals surface area contributed by atoms with Gasteiger partial charge in [0.05, 0.1) is 0 Å². The van der Waals surface area contributed by atoms with Crippen molar-refractivity contribution < 1.29 is 19.8 Å². The van der Waals surface area contributed by atoms with Crippen LogP contribution >= 0.6 is 0 Å². The number of hydrogen-bond acceptors (Lipinski definition) is 2. The fraction of sp³-hybridized carbons (Fsp3) is 0.579. The van der Waals surface area contributed by atoms with Gasteiger partial charge in [-0.2, -0.15) is 0 Å². The molecule has 1 aliphatic rings. The predicted molar refractivity (Wildman–Crippen MR) is 91.2 cm³/mol. The van der Waals surface area contributed by atoms with E-state index in [1.165, 1.54) is 0 Å². The second-order valence-electron chi connectivity index (χ2n) is 6.44. The van der Waals surface area contributed by atoms with Crippen molar-refractivity contribution in [2.75, 3.05) is 0 Å². The van der Waals surface area contributed by atoms with Gasteiger partial charge < -0.3 is 10.2 Å². The minimum absolute atomic E-state index is 0.107. The van der Waals surface area contributed by atoms with E-state index in [4.69, 9.17) is 0 Å². The summed E-state index contributed by atoms with van der Waals surface area (Å²) in [5.74, 6) is -2.47. The molecule has 2 N–H and O–H groups in total. The van der Waals surface area contributed by atoms with Crippen LogP contribution in [0.25, 0.3) is 0 Å². The van der Waals surface area contributed by atoms with Crippen LogP contribution in [0.2, 0.25) is 0 Å². The number of hydrogen-bond donors (Lipinski definition) is 2. The quantitative estimate of drug-likeness (QED) is 0.394. The Morgan fingerprint density at radius 3 is 2.13 bits per heavy atom. The average Bonchev–Trinajstić information content (AvgIpc) is 2.46. The molecule has 23 heavy (non-hydrogen) atoms. The van der Waals surface area contributed by atoms with Crippen molar-refractivity contribution in [3.8, 4) is 0 Å². The number of rotatable bonds is 8. The Balaban J connectivity index is 3.69. The molecule has 0 bridgehead atoms. The molecule has 0 aromatic carbocycles. The molecule has 0 spiro atoms. The number of carboxylic acids is 2. The van der Waals surface area contributed by atoms with Gasteiger partial charge in [0.1, 0.15) is 5.57 Å². The Hall–Kier alpha value is -1.84. The van der Waals surface area contributed by atoms with Crippen LogP contribution in [-0.4, -0.2) is 22.2 Å². The second kappa shape index (κ2) is 8.14.